The lowest BCUT2D eigenvalue weighted by molar-refractivity contribution is -0.384. The lowest BCUT2D eigenvalue weighted by Gasteiger charge is -2.11. The van der Waals surface area contributed by atoms with E-state index in [4.69, 9.17) is 0 Å². The molecule has 172 valence electrons. The molecule has 0 atom stereocenters. The molecule has 1 heterocycles. The molecule has 6 nitrogen and oxygen atoms in total. The number of benzene rings is 4. The summed E-state index contributed by atoms with van der Waals surface area (Å²) < 4.78 is 2.26. The number of aryl methyl sites for hydroxylation is 1. The standard InChI is InChI=1S/C29H23N3O3/c1-2-31-27-14-7-6-13-24(27)26-19-22(15-16-28(26)31)30-29(33)25(21-10-4-3-5-11-21)18-20-9-8-12-23(17-20)32(34)35/h3-19H,2H2,1H3,(H,30,33)/b25-18+. The molecule has 5 rings (SSSR count). The van der Waals surface area contributed by atoms with Crippen LogP contribution in [-0.2, 0) is 11.3 Å². The molecule has 0 saturated carbocycles. The second-order valence-corrected chi connectivity index (χ2v) is 8.22. The van der Waals surface area contributed by atoms with E-state index < -0.39 is 4.92 Å². The van der Waals surface area contributed by atoms with Crippen molar-refractivity contribution in [3.05, 3.63) is 118 Å². The fraction of sp³-hybridized carbons (Fsp3) is 0.0690. The maximum atomic E-state index is 13.5. The van der Waals surface area contributed by atoms with Gasteiger partial charge in [0.1, 0.15) is 0 Å². The first kappa shape index (κ1) is 22.1. The lowest BCUT2D eigenvalue weighted by Crippen LogP contribution is -2.13. The number of hydrogen-bond donors (Lipinski definition) is 1. The second-order valence-electron chi connectivity index (χ2n) is 8.22. The van der Waals surface area contributed by atoms with Gasteiger partial charge in [-0.2, -0.15) is 0 Å². The highest BCUT2D eigenvalue weighted by atomic mass is 16.6. The number of rotatable bonds is 6. The molecule has 0 radical (unpaired) electrons. The summed E-state index contributed by atoms with van der Waals surface area (Å²) in [5.41, 5.74) is 4.65. The summed E-state index contributed by atoms with van der Waals surface area (Å²) in [6.45, 7) is 2.96. The summed E-state index contributed by atoms with van der Waals surface area (Å²) in [6.07, 6.45) is 1.68. The number of para-hydroxylation sites is 1. The van der Waals surface area contributed by atoms with E-state index in [1.807, 2.05) is 60.7 Å². The number of nitro groups is 1. The van der Waals surface area contributed by atoms with Crippen LogP contribution >= 0.6 is 0 Å². The van der Waals surface area contributed by atoms with Gasteiger partial charge in [0, 0.05) is 51.7 Å². The SMILES string of the molecule is CCn1c2ccccc2c2cc(NC(=O)/C(=C/c3cccc([N+](=O)[O-])c3)c3ccccc3)ccc21. The number of amides is 1. The topological polar surface area (TPSA) is 77.2 Å². The number of carbonyl (C=O) groups is 1. The van der Waals surface area contributed by atoms with Gasteiger partial charge in [-0.05, 0) is 48.4 Å². The minimum Gasteiger partial charge on any atom is -0.341 e. The van der Waals surface area contributed by atoms with Crippen LogP contribution in [0.3, 0.4) is 0 Å². The molecule has 1 aromatic heterocycles. The number of nitro benzene ring substituents is 1. The van der Waals surface area contributed by atoms with Gasteiger partial charge in [-0.25, -0.2) is 0 Å². The molecular formula is C29H23N3O3. The number of nitrogens with one attached hydrogen (secondary N) is 1. The van der Waals surface area contributed by atoms with E-state index in [9.17, 15) is 14.9 Å². The molecule has 1 N–H and O–H groups in total. The van der Waals surface area contributed by atoms with Crippen LogP contribution in [0.1, 0.15) is 18.1 Å². The molecule has 35 heavy (non-hydrogen) atoms. The minimum absolute atomic E-state index is 0.0238. The van der Waals surface area contributed by atoms with Crippen molar-refractivity contribution < 1.29 is 9.72 Å². The molecular weight excluding hydrogens is 438 g/mol. The Hall–Kier alpha value is -4.71. The van der Waals surface area contributed by atoms with Crippen molar-refractivity contribution in [2.75, 3.05) is 5.32 Å². The van der Waals surface area contributed by atoms with Gasteiger partial charge in [0.25, 0.3) is 11.6 Å². The van der Waals surface area contributed by atoms with Gasteiger partial charge < -0.3 is 9.88 Å². The van der Waals surface area contributed by atoms with Gasteiger partial charge in [-0.15, -0.1) is 0 Å². The Kier molecular flexibility index (Phi) is 5.85. The normalized spacial score (nSPS) is 11.6. The third-order valence-electron chi connectivity index (χ3n) is 6.07. The number of aromatic nitrogens is 1. The molecule has 4 aromatic carbocycles. The molecule has 0 bridgehead atoms. The van der Waals surface area contributed by atoms with Gasteiger partial charge in [0.15, 0.2) is 0 Å². The van der Waals surface area contributed by atoms with Gasteiger partial charge in [0.05, 0.1) is 4.92 Å². The fourth-order valence-corrected chi connectivity index (χ4v) is 4.46. The maximum Gasteiger partial charge on any atom is 0.270 e. The zero-order valence-electron chi connectivity index (χ0n) is 19.1. The van der Waals surface area contributed by atoms with E-state index in [-0.39, 0.29) is 11.6 Å². The zero-order valence-corrected chi connectivity index (χ0v) is 19.1. The van der Waals surface area contributed by atoms with Gasteiger partial charge >= 0.3 is 0 Å². The lowest BCUT2D eigenvalue weighted by atomic mass is 10.0. The van der Waals surface area contributed by atoms with E-state index in [2.05, 4.69) is 28.9 Å². The summed E-state index contributed by atoms with van der Waals surface area (Å²) >= 11 is 0. The van der Waals surface area contributed by atoms with Crippen molar-refractivity contribution in [1.29, 1.82) is 0 Å². The molecule has 0 saturated heterocycles. The van der Waals surface area contributed by atoms with E-state index >= 15 is 0 Å². The van der Waals surface area contributed by atoms with Crippen LogP contribution in [0, 0.1) is 10.1 Å². The summed E-state index contributed by atoms with van der Waals surface area (Å²) in [4.78, 5) is 24.2. The van der Waals surface area contributed by atoms with Crippen LogP contribution in [0.2, 0.25) is 0 Å². The van der Waals surface area contributed by atoms with Crippen molar-refractivity contribution in [3.63, 3.8) is 0 Å². The van der Waals surface area contributed by atoms with Crippen LogP contribution in [0.25, 0.3) is 33.5 Å². The van der Waals surface area contributed by atoms with E-state index in [1.54, 1.807) is 18.2 Å². The highest BCUT2D eigenvalue weighted by Crippen LogP contribution is 2.31. The van der Waals surface area contributed by atoms with Crippen molar-refractivity contribution in [2.45, 2.75) is 13.5 Å². The van der Waals surface area contributed by atoms with Crippen molar-refractivity contribution in [2.24, 2.45) is 0 Å². The number of non-ortho nitro benzene ring substituents is 1. The van der Waals surface area contributed by atoms with Crippen LogP contribution in [0.15, 0.2) is 97.1 Å². The Morgan fingerprint density at radius 2 is 1.63 bits per heavy atom. The highest BCUT2D eigenvalue weighted by molar-refractivity contribution is 6.29. The predicted molar refractivity (Wildman–Crippen MR) is 141 cm³/mol. The maximum absolute atomic E-state index is 13.5. The molecule has 0 aliphatic rings. The zero-order chi connectivity index (χ0) is 24.4. The quantitative estimate of drug-likeness (QED) is 0.129. The monoisotopic (exact) mass is 461 g/mol. The van der Waals surface area contributed by atoms with E-state index in [1.165, 1.54) is 12.1 Å². The van der Waals surface area contributed by atoms with Crippen molar-refractivity contribution in [1.82, 2.24) is 4.57 Å². The Morgan fingerprint density at radius 3 is 2.40 bits per heavy atom. The molecule has 1 amide bonds. The summed E-state index contributed by atoms with van der Waals surface area (Å²) in [7, 11) is 0. The Bertz CT molecular complexity index is 1600. The highest BCUT2D eigenvalue weighted by Gasteiger charge is 2.15. The van der Waals surface area contributed by atoms with Gasteiger partial charge in [-0.3, -0.25) is 14.9 Å². The number of anilines is 1. The number of hydrogen-bond acceptors (Lipinski definition) is 3. The number of nitrogens with zero attached hydrogens (tertiary/aromatic N) is 2. The van der Waals surface area contributed by atoms with Crippen LogP contribution in [-0.4, -0.2) is 15.4 Å². The molecule has 0 aliphatic carbocycles. The largest absolute Gasteiger partial charge is 0.341 e. The van der Waals surface area contributed by atoms with Gasteiger partial charge in [-0.1, -0.05) is 60.7 Å². The van der Waals surface area contributed by atoms with E-state index in [0.717, 1.165) is 33.9 Å². The summed E-state index contributed by atoms with van der Waals surface area (Å²) in [6, 6.07) is 29.7. The Balaban J connectivity index is 1.55. The summed E-state index contributed by atoms with van der Waals surface area (Å²) in [5, 5.41) is 16.5. The first-order chi connectivity index (χ1) is 17.0. The van der Waals surface area contributed by atoms with Gasteiger partial charge in [0.2, 0.25) is 0 Å². The predicted octanol–water partition coefficient (Wildman–Crippen LogP) is 6.90. The average molecular weight is 462 g/mol. The van der Waals surface area contributed by atoms with Crippen LogP contribution in [0.5, 0.6) is 0 Å². The first-order valence-corrected chi connectivity index (χ1v) is 11.4. The number of fused-ring (bicyclic) bond motifs is 3. The summed E-state index contributed by atoms with van der Waals surface area (Å²) in [5.74, 6) is -0.290. The molecule has 0 unspecified atom stereocenters. The van der Waals surface area contributed by atoms with Crippen LogP contribution in [0.4, 0.5) is 11.4 Å². The van der Waals surface area contributed by atoms with Crippen LogP contribution < -0.4 is 5.32 Å². The molecule has 5 aromatic rings. The van der Waals surface area contributed by atoms with E-state index in [0.29, 0.717) is 16.8 Å². The first-order valence-electron chi connectivity index (χ1n) is 11.4. The number of carbonyl (C=O) groups excluding carboxylic acids is 1. The minimum atomic E-state index is -0.443. The third kappa shape index (κ3) is 4.29. The molecule has 6 heteroatoms. The Morgan fingerprint density at radius 1 is 0.886 bits per heavy atom. The van der Waals surface area contributed by atoms with Crippen molar-refractivity contribution >= 4 is 50.7 Å². The smallest absolute Gasteiger partial charge is 0.270 e. The third-order valence-corrected chi connectivity index (χ3v) is 6.07. The molecule has 0 spiro atoms. The van der Waals surface area contributed by atoms with Crippen molar-refractivity contribution in [3.8, 4) is 0 Å². The average Bonchev–Trinajstić information content (AvgIpc) is 3.21. The fourth-order valence-electron chi connectivity index (χ4n) is 4.46. The Labute approximate surface area is 202 Å². The second kappa shape index (κ2) is 9.27. The molecule has 0 fully saturated rings. The molecule has 0 aliphatic heterocycles.